The van der Waals surface area contributed by atoms with Gasteiger partial charge >= 0.3 is 0 Å². The van der Waals surface area contributed by atoms with Gasteiger partial charge in [0, 0.05) is 23.1 Å². The van der Waals surface area contributed by atoms with Crippen LogP contribution in [0.25, 0.3) is 0 Å². The molecule has 2 N–H and O–H groups in total. The molecule has 0 bridgehead atoms. The van der Waals surface area contributed by atoms with Gasteiger partial charge in [-0.15, -0.1) is 0 Å². The molecular weight excluding hydrogens is 198 g/mol. The smallest absolute Gasteiger partial charge is 0.122 e. The monoisotopic (exact) mass is 213 g/mol. The first kappa shape index (κ1) is 11.4. The minimum atomic E-state index is -0.941. The number of hydrogen-bond donors (Lipinski definition) is 1. The molecule has 14 heavy (non-hydrogen) atoms. The number of ether oxygens (including phenoxy) is 1. The summed E-state index contributed by atoms with van der Waals surface area (Å²) in [6.07, 6.45) is 0. The van der Waals surface area contributed by atoms with E-state index in [4.69, 9.17) is 10.5 Å². The standard InChI is InChI=1S/C10H15NO2S/c11-6-7-14(12)9-13-8-10-4-2-1-3-5-10/h1-5H,6-9,11H2. The van der Waals surface area contributed by atoms with Gasteiger partial charge in [-0.1, -0.05) is 30.3 Å². The predicted octanol–water partition coefficient (Wildman–Crippen LogP) is 0.868. The molecule has 1 aromatic carbocycles. The van der Waals surface area contributed by atoms with Crippen molar-refractivity contribution in [2.75, 3.05) is 18.2 Å². The number of rotatable bonds is 6. The molecule has 0 aromatic heterocycles. The lowest BCUT2D eigenvalue weighted by Gasteiger charge is -2.03. The fourth-order valence-electron chi connectivity index (χ4n) is 1.02. The first-order valence-corrected chi connectivity index (χ1v) is 5.98. The molecule has 1 atom stereocenters. The summed E-state index contributed by atoms with van der Waals surface area (Å²) in [4.78, 5) is 0. The number of hydrogen-bond acceptors (Lipinski definition) is 3. The van der Waals surface area contributed by atoms with Gasteiger partial charge in [0.15, 0.2) is 0 Å². The van der Waals surface area contributed by atoms with Crippen LogP contribution in [0.1, 0.15) is 5.56 Å². The van der Waals surface area contributed by atoms with E-state index in [1.54, 1.807) is 0 Å². The summed E-state index contributed by atoms with van der Waals surface area (Å²) in [5, 5.41) is 0. The lowest BCUT2D eigenvalue weighted by molar-refractivity contribution is 0.166. The third-order valence-electron chi connectivity index (χ3n) is 1.67. The molecule has 0 amide bonds. The first-order chi connectivity index (χ1) is 6.83. The summed E-state index contributed by atoms with van der Waals surface area (Å²) in [5.74, 6) is 0.779. The maximum Gasteiger partial charge on any atom is 0.122 e. The largest absolute Gasteiger partial charge is 0.364 e. The molecule has 0 spiro atoms. The Bertz CT molecular complexity index is 277. The van der Waals surface area contributed by atoms with Crippen molar-refractivity contribution in [3.63, 3.8) is 0 Å². The highest BCUT2D eigenvalue weighted by atomic mass is 32.2. The van der Waals surface area contributed by atoms with Crippen LogP contribution in [0.15, 0.2) is 30.3 Å². The average Bonchev–Trinajstić information content (AvgIpc) is 2.20. The van der Waals surface area contributed by atoms with Crippen LogP contribution >= 0.6 is 0 Å². The van der Waals surface area contributed by atoms with Crippen molar-refractivity contribution < 1.29 is 8.95 Å². The average molecular weight is 213 g/mol. The van der Waals surface area contributed by atoms with Crippen LogP contribution in [-0.2, 0) is 22.1 Å². The van der Waals surface area contributed by atoms with Crippen LogP contribution in [0.2, 0.25) is 0 Å². The molecule has 0 aliphatic heterocycles. The highest BCUT2D eigenvalue weighted by Gasteiger charge is 1.98. The minimum absolute atomic E-state index is 0.270. The molecular formula is C10H15NO2S. The fraction of sp³-hybridized carbons (Fsp3) is 0.400. The van der Waals surface area contributed by atoms with E-state index in [9.17, 15) is 4.21 Å². The van der Waals surface area contributed by atoms with Crippen molar-refractivity contribution in [1.82, 2.24) is 0 Å². The predicted molar refractivity (Wildman–Crippen MR) is 58.2 cm³/mol. The van der Waals surface area contributed by atoms with Gasteiger partial charge in [-0.3, -0.25) is 4.21 Å². The molecule has 0 aliphatic rings. The zero-order valence-corrected chi connectivity index (χ0v) is 8.83. The highest BCUT2D eigenvalue weighted by molar-refractivity contribution is 7.84. The summed E-state index contributed by atoms with van der Waals surface area (Å²) >= 11 is 0. The SMILES string of the molecule is NCCS(=O)COCc1ccccc1. The number of nitrogens with two attached hydrogens (primary N) is 1. The van der Waals surface area contributed by atoms with E-state index >= 15 is 0 Å². The van der Waals surface area contributed by atoms with Gasteiger partial charge in [0.25, 0.3) is 0 Å². The van der Waals surface area contributed by atoms with E-state index in [0.717, 1.165) is 5.56 Å². The molecule has 0 fully saturated rings. The third kappa shape index (κ3) is 4.50. The molecule has 0 radical (unpaired) electrons. The molecule has 4 heteroatoms. The van der Waals surface area contributed by atoms with Crippen LogP contribution in [0.4, 0.5) is 0 Å². The van der Waals surface area contributed by atoms with Gasteiger partial charge in [-0.05, 0) is 5.56 Å². The van der Waals surface area contributed by atoms with Gasteiger partial charge in [0.2, 0.25) is 0 Å². The van der Waals surface area contributed by atoms with Crippen LogP contribution in [-0.4, -0.2) is 22.4 Å². The second kappa shape index (κ2) is 6.70. The lowest BCUT2D eigenvalue weighted by atomic mass is 10.2. The van der Waals surface area contributed by atoms with Crippen molar-refractivity contribution in [2.24, 2.45) is 5.73 Å². The summed E-state index contributed by atoms with van der Waals surface area (Å²) < 4.78 is 16.4. The zero-order chi connectivity index (χ0) is 10.2. The Hall–Kier alpha value is -0.710. The molecule has 78 valence electrons. The van der Waals surface area contributed by atoms with Crippen molar-refractivity contribution in [3.8, 4) is 0 Å². The Kier molecular flexibility index (Phi) is 5.44. The first-order valence-electron chi connectivity index (χ1n) is 4.49. The zero-order valence-electron chi connectivity index (χ0n) is 8.02. The molecule has 1 unspecified atom stereocenters. The Morgan fingerprint density at radius 3 is 2.64 bits per heavy atom. The normalized spacial score (nSPS) is 12.6. The maximum absolute atomic E-state index is 11.1. The summed E-state index contributed by atoms with van der Waals surface area (Å²) in [6, 6.07) is 9.82. The molecule has 0 heterocycles. The topological polar surface area (TPSA) is 52.3 Å². The molecule has 0 saturated carbocycles. The van der Waals surface area contributed by atoms with E-state index < -0.39 is 10.8 Å². The van der Waals surface area contributed by atoms with Crippen LogP contribution < -0.4 is 5.73 Å². The van der Waals surface area contributed by atoms with Crippen LogP contribution in [0.5, 0.6) is 0 Å². The summed E-state index contributed by atoms with van der Waals surface area (Å²) in [6.45, 7) is 0.957. The summed E-state index contributed by atoms with van der Waals surface area (Å²) in [5.41, 5.74) is 6.36. The van der Waals surface area contributed by atoms with E-state index in [2.05, 4.69) is 0 Å². The quantitative estimate of drug-likeness (QED) is 0.763. The second-order valence-electron chi connectivity index (χ2n) is 2.88. The van der Waals surface area contributed by atoms with Crippen LogP contribution in [0.3, 0.4) is 0 Å². The molecule has 0 saturated heterocycles. The summed E-state index contributed by atoms with van der Waals surface area (Å²) in [7, 11) is -0.941. The van der Waals surface area contributed by atoms with Crippen molar-refractivity contribution >= 4 is 10.8 Å². The maximum atomic E-state index is 11.1. The van der Waals surface area contributed by atoms with Crippen LogP contribution in [0, 0.1) is 0 Å². The van der Waals surface area contributed by atoms with E-state index in [-0.39, 0.29) is 5.94 Å². The Labute approximate surface area is 86.7 Å². The molecule has 1 rings (SSSR count). The molecule has 1 aromatic rings. The van der Waals surface area contributed by atoms with E-state index in [1.165, 1.54) is 0 Å². The van der Waals surface area contributed by atoms with Crippen molar-refractivity contribution in [3.05, 3.63) is 35.9 Å². The molecule has 3 nitrogen and oxygen atoms in total. The second-order valence-corrected chi connectivity index (χ2v) is 4.41. The third-order valence-corrected chi connectivity index (χ3v) is 2.79. The van der Waals surface area contributed by atoms with Crippen molar-refractivity contribution in [1.29, 1.82) is 0 Å². The van der Waals surface area contributed by atoms with E-state index in [0.29, 0.717) is 18.9 Å². The lowest BCUT2D eigenvalue weighted by Crippen LogP contribution is -2.14. The molecule has 0 aliphatic carbocycles. The fourth-order valence-corrected chi connectivity index (χ4v) is 1.67. The Morgan fingerprint density at radius 1 is 1.29 bits per heavy atom. The van der Waals surface area contributed by atoms with Crippen molar-refractivity contribution in [2.45, 2.75) is 6.61 Å². The van der Waals surface area contributed by atoms with Gasteiger partial charge in [0.05, 0.1) is 6.61 Å². The van der Waals surface area contributed by atoms with Gasteiger partial charge in [0.1, 0.15) is 5.94 Å². The van der Waals surface area contributed by atoms with Gasteiger partial charge in [-0.25, -0.2) is 0 Å². The van der Waals surface area contributed by atoms with E-state index in [1.807, 2.05) is 30.3 Å². The minimum Gasteiger partial charge on any atom is -0.364 e. The van der Waals surface area contributed by atoms with Gasteiger partial charge in [-0.2, -0.15) is 0 Å². The van der Waals surface area contributed by atoms with Gasteiger partial charge < -0.3 is 10.5 Å². The highest BCUT2D eigenvalue weighted by Crippen LogP contribution is 2.00. The Balaban J connectivity index is 2.19. The Morgan fingerprint density at radius 2 is 2.00 bits per heavy atom. The number of benzene rings is 1.